The Bertz CT molecular complexity index is 380. The van der Waals surface area contributed by atoms with Gasteiger partial charge in [0, 0.05) is 0 Å². The van der Waals surface area contributed by atoms with Crippen LogP contribution in [0.4, 0.5) is 0 Å². The van der Waals surface area contributed by atoms with Crippen LogP contribution in [0.25, 0.3) is 0 Å². The SMILES string of the molecule is CCc1ccc(OC2CC2)c(C(=O)O)c1. The highest BCUT2D eigenvalue weighted by Gasteiger charge is 2.25. The zero-order chi connectivity index (χ0) is 10.8. The Balaban J connectivity index is 2.29. The van der Waals surface area contributed by atoms with Crippen molar-refractivity contribution in [1.29, 1.82) is 0 Å². The fraction of sp³-hybridized carbons (Fsp3) is 0.417. The lowest BCUT2D eigenvalue weighted by atomic mass is 10.1. The van der Waals surface area contributed by atoms with Gasteiger partial charge in [0.05, 0.1) is 6.10 Å². The van der Waals surface area contributed by atoms with Crippen molar-refractivity contribution in [3.63, 3.8) is 0 Å². The molecular formula is C12H14O3. The van der Waals surface area contributed by atoms with Crippen LogP contribution in [-0.4, -0.2) is 17.2 Å². The molecule has 1 N–H and O–H groups in total. The third-order valence-corrected chi connectivity index (χ3v) is 2.50. The van der Waals surface area contributed by atoms with Gasteiger partial charge in [0.1, 0.15) is 11.3 Å². The van der Waals surface area contributed by atoms with E-state index in [2.05, 4.69) is 0 Å². The predicted molar refractivity (Wildman–Crippen MR) is 56.4 cm³/mol. The summed E-state index contributed by atoms with van der Waals surface area (Å²) in [6, 6.07) is 5.38. The lowest BCUT2D eigenvalue weighted by Crippen LogP contribution is -2.05. The maximum absolute atomic E-state index is 11.0. The predicted octanol–water partition coefficient (Wildman–Crippen LogP) is 2.49. The molecule has 0 atom stereocenters. The Labute approximate surface area is 88.7 Å². The third kappa shape index (κ3) is 2.29. The van der Waals surface area contributed by atoms with E-state index < -0.39 is 5.97 Å². The topological polar surface area (TPSA) is 46.5 Å². The molecule has 1 saturated carbocycles. The fourth-order valence-corrected chi connectivity index (χ4v) is 1.43. The number of carboxylic acid groups (broad SMARTS) is 1. The van der Waals surface area contributed by atoms with E-state index in [-0.39, 0.29) is 11.7 Å². The van der Waals surface area contributed by atoms with Crippen molar-refractivity contribution in [1.82, 2.24) is 0 Å². The molecule has 1 aromatic rings. The fourth-order valence-electron chi connectivity index (χ4n) is 1.43. The molecule has 2 rings (SSSR count). The first-order chi connectivity index (χ1) is 7.20. The van der Waals surface area contributed by atoms with Gasteiger partial charge in [-0.05, 0) is 37.0 Å². The van der Waals surface area contributed by atoms with Crippen molar-refractivity contribution in [2.75, 3.05) is 0 Å². The quantitative estimate of drug-likeness (QED) is 0.823. The van der Waals surface area contributed by atoms with Gasteiger partial charge in [-0.1, -0.05) is 13.0 Å². The number of hydrogen-bond acceptors (Lipinski definition) is 2. The molecule has 80 valence electrons. The molecule has 15 heavy (non-hydrogen) atoms. The smallest absolute Gasteiger partial charge is 0.339 e. The standard InChI is InChI=1S/C12H14O3/c1-2-8-3-6-11(15-9-4-5-9)10(7-8)12(13)14/h3,6-7,9H,2,4-5H2,1H3,(H,13,14). The Hall–Kier alpha value is -1.51. The molecule has 0 spiro atoms. The highest BCUT2D eigenvalue weighted by molar-refractivity contribution is 5.91. The normalized spacial score (nSPS) is 15.0. The summed E-state index contributed by atoms with van der Waals surface area (Å²) in [5.41, 5.74) is 1.30. The second kappa shape index (κ2) is 3.93. The van der Waals surface area contributed by atoms with E-state index in [4.69, 9.17) is 9.84 Å². The van der Waals surface area contributed by atoms with Crippen LogP contribution in [0.3, 0.4) is 0 Å². The molecule has 3 heteroatoms. The minimum atomic E-state index is -0.916. The first kappa shape index (κ1) is 10.0. The van der Waals surface area contributed by atoms with Gasteiger partial charge < -0.3 is 9.84 Å². The molecule has 0 aliphatic heterocycles. The number of hydrogen-bond donors (Lipinski definition) is 1. The number of rotatable bonds is 4. The Morgan fingerprint density at radius 1 is 1.53 bits per heavy atom. The maximum Gasteiger partial charge on any atom is 0.339 e. The third-order valence-electron chi connectivity index (χ3n) is 2.50. The van der Waals surface area contributed by atoms with E-state index in [0.717, 1.165) is 24.8 Å². The molecule has 0 bridgehead atoms. The molecular weight excluding hydrogens is 192 g/mol. The van der Waals surface area contributed by atoms with E-state index in [1.165, 1.54) is 0 Å². The highest BCUT2D eigenvalue weighted by atomic mass is 16.5. The zero-order valence-corrected chi connectivity index (χ0v) is 8.69. The van der Waals surface area contributed by atoms with Crippen molar-refractivity contribution in [2.45, 2.75) is 32.3 Å². The van der Waals surface area contributed by atoms with Crippen molar-refractivity contribution >= 4 is 5.97 Å². The van der Waals surface area contributed by atoms with E-state index in [9.17, 15) is 4.79 Å². The van der Waals surface area contributed by atoms with Crippen LogP contribution in [0.15, 0.2) is 18.2 Å². The van der Waals surface area contributed by atoms with Gasteiger partial charge in [0.25, 0.3) is 0 Å². The summed E-state index contributed by atoms with van der Waals surface area (Å²) in [7, 11) is 0. The highest BCUT2D eigenvalue weighted by Crippen LogP contribution is 2.29. The van der Waals surface area contributed by atoms with Gasteiger partial charge in [0.2, 0.25) is 0 Å². The van der Waals surface area contributed by atoms with Crippen LogP contribution in [0.5, 0.6) is 5.75 Å². The molecule has 0 unspecified atom stereocenters. The summed E-state index contributed by atoms with van der Waals surface area (Å²) in [6.45, 7) is 2.00. The number of carbonyl (C=O) groups is 1. The molecule has 1 aliphatic rings. The maximum atomic E-state index is 11.0. The molecule has 0 heterocycles. The second-order valence-corrected chi connectivity index (χ2v) is 3.81. The summed E-state index contributed by atoms with van der Waals surface area (Å²) in [5, 5.41) is 9.04. The monoisotopic (exact) mass is 206 g/mol. The van der Waals surface area contributed by atoms with Gasteiger partial charge in [-0.15, -0.1) is 0 Å². The van der Waals surface area contributed by atoms with E-state index in [1.807, 2.05) is 13.0 Å². The number of ether oxygens (including phenoxy) is 1. The molecule has 3 nitrogen and oxygen atoms in total. The minimum Gasteiger partial charge on any atom is -0.490 e. The Morgan fingerprint density at radius 2 is 2.27 bits per heavy atom. The summed E-state index contributed by atoms with van der Waals surface area (Å²) in [6.07, 6.45) is 3.14. The molecule has 0 saturated heterocycles. The molecule has 1 fully saturated rings. The number of carboxylic acids is 1. The minimum absolute atomic E-state index is 0.232. The van der Waals surface area contributed by atoms with Gasteiger partial charge >= 0.3 is 5.97 Å². The van der Waals surface area contributed by atoms with Crippen LogP contribution < -0.4 is 4.74 Å². The van der Waals surface area contributed by atoms with Crippen LogP contribution in [-0.2, 0) is 6.42 Å². The van der Waals surface area contributed by atoms with Crippen LogP contribution in [0.1, 0.15) is 35.7 Å². The summed E-state index contributed by atoms with van der Waals surface area (Å²) in [5.74, 6) is -0.414. The van der Waals surface area contributed by atoms with Crippen LogP contribution in [0.2, 0.25) is 0 Å². The Kier molecular flexibility index (Phi) is 2.62. The lowest BCUT2D eigenvalue weighted by Gasteiger charge is -2.09. The average molecular weight is 206 g/mol. The largest absolute Gasteiger partial charge is 0.490 e. The number of benzene rings is 1. The van der Waals surface area contributed by atoms with E-state index >= 15 is 0 Å². The van der Waals surface area contributed by atoms with Crippen molar-refractivity contribution < 1.29 is 14.6 Å². The average Bonchev–Trinajstić information content (AvgIpc) is 3.02. The van der Waals surface area contributed by atoms with Crippen LogP contribution in [0, 0.1) is 0 Å². The lowest BCUT2D eigenvalue weighted by molar-refractivity contribution is 0.0692. The molecule has 1 aromatic carbocycles. The first-order valence-electron chi connectivity index (χ1n) is 5.23. The number of aromatic carboxylic acids is 1. The first-order valence-corrected chi connectivity index (χ1v) is 5.23. The van der Waals surface area contributed by atoms with Gasteiger partial charge in [-0.25, -0.2) is 4.79 Å². The zero-order valence-electron chi connectivity index (χ0n) is 8.69. The van der Waals surface area contributed by atoms with Crippen molar-refractivity contribution in [2.24, 2.45) is 0 Å². The van der Waals surface area contributed by atoms with Gasteiger partial charge in [0.15, 0.2) is 0 Å². The summed E-state index contributed by atoms with van der Waals surface area (Å²) in [4.78, 5) is 11.0. The molecule has 1 aliphatic carbocycles. The second-order valence-electron chi connectivity index (χ2n) is 3.81. The number of aryl methyl sites for hydroxylation is 1. The molecule has 0 radical (unpaired) electrons. The van der Waals surface area contributed by atoms with Crippen LogP contribution >= 0.6 is 0 Å². The summed E-state index contributed by atoms with van der Waals surface area (Å²) < 4.78 is 5.54. The van der Waals surface area contributed by atoms with Gasteiger partial charge in [-0.3, -0.25) is 0 Å². The van der Waals surface area contributed by atoms with Crippen molar-refractivity contribution in [3.05, 3.63) is 29.3 Å². The Morgan fingerprint density at radius 3 is 2.80 bits per heavy atom. The van der Waals surface area contributed by atoms with E-state index in [0.29, 0.717) is 5.75 Å². The molecule has 0 aromatic heterocycles. The van der Waals surface area contributed by atoms with E-state index in [1.54, 1.807) is 12.1 Å². The summed E-state index contributed by atoms with van der Waals surface area (Å²) >= 11 is 0. The molecule has 0 amide bonds. The van der Waals surface area contributed by atoms with Crippen molar-refractivity contribution in [3.8, 4) is 5.75 Å². The van der Waals surface area contributed by atoms with Gasteiger partial charge in [-0.2, -0.15) is 0 Å².